The Kier molecular flexibility index (Phi) is 4.53. The lowest BCUT2D eigenvalue weighted by molar-refractivity contribution is 0.0950. The molecule has 4 rings (SSSR count). The van der Waals surface area contributed by atoms with E-state index in [1.807, 2.05) is 43.5 Å². The molecule has 0 atom stereocenters. The van der Waals surface area contributed by atoms with Gasteiger partial charge in [-0.15, -0.1) is 0 Å². The van der Waals surface area contributed by atoms with E-state index in [1.165, 1.54) is 5.56 Å². The average Bonchev–Trinajstić information content (AvgIpc) is 3.27. The molecule has 1 amide bonds. The van der Waals surface area contributed by atoms with Crippen molar-refractivity contribution < 1.29 is 4.79 Å². The maximum atomic E-state index is 12.0. The van der Waals surface area contributed by atoms with Crippen LogP contribution >= 0.6 is 0 Å². The van der Waals surface area contributed by atoms with Crippen LogP contribution in [0.3, 0.4) is 0 Å². The molecule has 6 nitrogen and oxygen atoms in total. The summed E-state index contributed by atoms with van der Waals surface area (Å²) in [5, 5.41) is 11.9. The van der Waals surface area contributed by atoms with Crippen molar-refractivity contribution in [2.24, 2.45) is 5.10 Å². The summed E-state index contributed by atoms with van der Waals surface area (Å²) in [6, 6.07) is 20.1. The number of aromatic amines is 1. The van der Waals surface area contributed by atoms with Crippen LogP contribution in [0.4, 0.5) is 0 Å². The molecular formula is C21H19N5O. The standard InChI is InChI=1S/C21H19N5O/c1-15-11-19(24-23-15)21(27)25-22-12-17-14-26(13-16-7-3-2-4-8-16)20-10-6-5-9-18(17)20/h2-12,14H,13H2,1H3,(H,23,24)(H,25,27). The highest BCUT2D eigenvalue weighted by Crippen LogP contribution is 2.21. The second-order valence-electron chi connectivity index (χ2n) is 6.35. The monoisotopic (exact) mass is 357 g/mol. The number of fused-ring (bicyclic) bond motifs is 1. The number of H-pyrrole nitrogens is 1. The number of nitrogens with zero attached hydrogens (tertiary/aromatic N) is 3. The van der Waals surface area contributed by atoms with Crippen LogP contribution in [0.15, 0.2) is 72.0 Å². The minimum absolute atomic E-state index is 0.316. The summed E-state index contributed by atoms with van der Waals surface area (Å²) in [6.45, 7) is 2.61. The smallest absolute Gasteiger partial charge is 0.291 e. The molecule has 0 unspecified atom stereocenters. The summed E-state index contributed by atoms with van der Waals surface area (Å²) in [5.74, 6) is -0.344. The fourth-order valence-corrected chi connectivity index (χ4v) is 3.04. The SMILES string of the molecule is Cc1cc(C(=O)NN=Cc2cn(Cc3ccccc3)c3ccccc23)n[nH]1. The molecule has 2 aromatic heterocycles. The van der Waals surface area contributed by atoms with E-state index in [-0.39, 0.29) is 5.91 Å². The van der Waals surface area contributed by atoms with Crippen LogP contribution in [0.2, 0.25) is 0 Å². The van der Waals surface area contributed by atoms with Gasteiger partial charge in [0.2, 0.25) is 0 Å². The molecular weight excluding hydrogens is 338 g/mol. The van der Waals surface area contributed by atoms with Gasteiger partial charge in [-0.1, -0.05) is 48.5 Å². The zero-order valence-electron chi connectivity index (χ0n) is 14.9. The second kappa shape index (κ2) is 7.29. The first kappa shape index (κ1) is 16.8. The molecule has 2 heterocycles. The molecule has 0 spiro atoms. The number of hydrogen-bond donors (Lipinski definition) is 2. The van der Waals surface area contributed by atoms with Crippen LogP contribution in [0.1, 0.15) is 27.3 Å². The van der Waals surface area contributed by atoms with Crippen molar-refractivity contribution in [2.45, 2.75) is 13.5 Å². The highest BCUT2D eigenvalue weighted by Gasteiger charge is 2.09. The lowest BCUT2D eigenvalue weighted by atomic mass is 10.2. The van der Waals surface area contributed by atoms with Gasteiger partial charge in [-0.3, -0.25) is 9.89 Å². The predicted octanol–water partition coefficient (Wildman–Crippen LogP) is 3.49. The average molecular weight is 357 g/mol. The first-order valence-electron chi connectivity index (χ1n) is 8.68. The van der Waals surface area contributed by atoms with Crippen molar-refractivity contribution >= 4 is 23.0 Å². The molecule has 0 aliphatic carbocycles. The number of aromatic nitrogens is 3. The molecule has 0 aliphatic rings. The summed E-state index contributed by atoms with van der Waals surface area (Å²) >= 11 is 0. The van der Waals surface area contributed by atoms with Crippen molar-refractivity contribution in [3.05, 3.63) is 89.4 Å². The van der Waals surface area contributed by atoms with Crippen molar-refractivity contribution in [1.82, 2.24) is 20.2 Å². The minimum atomic E-state index is -0.344. The molecule has 0 fully saturated rings. The van der Waals surface area contributed by atoms with Gasteiger partial charge < -0.3 is 4.57 Å². The van der Waals surface area contributed by atoms with Crippen molar-refractivity contribution in [3.63, 3.8) is 0 Å². The van der Waals surface area contributed by atoms with Gasteiger partial charge in [0.15, 0.2) is 5.69 Å². The number of para-hydroxylation sites is 1. The first-order chi connectivity index (χ1) is 13.2. The normalized spacial score (nSPS) is 11.3. The van der Waals surface area contributed by atoms with Gasteiger partial charge in [0.05, 0.1) is 6.21 Å². The number of aryl methyl sites for hydroxylation is 1. The number of amides is 1. The number of carbonyl (C=O) groups excluding carboxylic acids is 1. The number of carbonyl (C=O) groups is 1. The first-order valence-corrected chi connectivity index (χ1v) is 8.68. The third-order valence-corrected chi connectivity index (χ3v) is 4.32. The highest BCUT2D eigenvalue weighted by molar-refractivity contribution is 6.00. The topological polar surface area (TPSA) is 75.1 Å². The van der Waals surface area contributed by atoms with E-state index in [1.54, 1.807) is 12.3 Å². The van der Waals surface area contributed by atoms with E-state index in [2.05, 4.69) is 49.6 Å². The van der Waals surface area contributed by atoms with E-state index in [4.69, 9.17) is 0 Å². The van der Waals surface area contributed by atoms with Gasteiger partial charge in [0.25, 0.3) is 5.91 Å². The van der Waals surface area contributed by atoms with E-state index >= 15 is 0 Å². The Balaban J connectivity index is 1.57. The maximum Gasteiger partial charge on any atom is 0.291 e. The van der Waals surface area contributed by atoms with E-state index in [0.29, 0.717) is 5.69 Å². The third kappa shape index (κ3) is 3.64. The molecule has 27 heavy (non-hydrogen) atoms. The molecule has 2 aromatic carbocycles. The molecule has 0 radical (unpaired) electrons. The minimum Gasteiger partial charge on any atom is -0.342 e. The fourth-order valence-electron chi connectivity index (χ4n) is 3.04. The Hall–Kier alpha value is -3.67. The Morgan fingerprint density at radius 3 is 2.74 bits per heavy atom. The largest absolute Gasteiger partial charge is 0.342 e. The molecule has 2 N–H and O–H groups in total. The van der Waals surface area contributed by atoms with Crippen LogP contribution in [0, 0.1) is 6.92 Å². The maximum absolute atomic E-state index is 12.0. The lowest BCUT2D eigenvalue weighted by Gasteiger charge is -2.05. The van der Waals surface area contributed by atoms with Gasteiger partial charge in [-0.2, -0.15) is 10.2 Å². The van der Waals surface area contributed by atoms with Crippen LogP contribution in [0.25, 0.3) is 10.9 Å². The summed E-state index contributed by atoms with van der Waals surface area (Å²) in [5.41, 5.74) is 6.96. The molecule has 4 aromatic rings. The van der Waals surface area contributed by atoms with Gasteiger partial charge in [-0.25, -0.2) is 5.43 Å². The van der Waals surface area contributed by atoms with E-state index in [9.17, 15) is 4.79 Å². The molecule has 134 valence electrons. The summed E-state index contributed by atoms with van der Waals surface area (Å²) < 4.78 is 2.19. The molecule has 0 aliphatic heterocycles. The van der Waals surface area contributed by atoms with Gasteiger partial charge in [0.1, 0.15) is 0 Å². The molecule has 6 heteroatoms. The Morgan fingerprint density at radius 1 is 1.19 bits per heavy atom. The predicted molar refractivity (Wildman–Crippen MR) is 106 cm³/mol. The van der Waals surface area contributed by atoms with Crippen LogP contribution in [-0.2, 0) is 6.54 Å². The second-order valence-corrected chi connectivity index (χ2v) is 6.35. The Bertz CT molecular complexity index is 1110. The fraction of sp³-hybridized carbons (Fsp3) is 0.0952. The summed E-state index contributed by atoms with van der Waals surface area (Å²) in [4.78, 5) is 12.0. The quantitative estimate of drug-likeness (QED) is 0.424. The van der Waals surface area contributed by atoms with E-state index in [0.717, 1.165) is 28.7 Å². The summed E-state index contributed by atoms with van der Waals surface area (Å²) in [6.07, 6.45) is 3.72. The van der Waals surface area contributed by atoms with Crippen molar-refractivity contribution in [2.75, 3.05) is 0 Å². The van der Waals surface area contributed by atoms with Gasteiger partial charge in [-0.05, 0) is 24.6 Å². The van der Waals surface area contributed by atoms with Crippen molar-refractivity contribution in [3.8, 4) is 0 Å². The number of hydrazone groups is 1. The molecule has 0 bridgehead atoms. The number of benzene rings is 2. The zero-order chi connectivity index (χ0) is 18.6. The molecule has 0 saturated heterocycles. The third-order valence-electron chi connectivity index (χ3n) is 4.32. The van der Waals surface area contributed by atoms with Crippen LogP contribution < -0.4 is 5.43 Å². The Morgan fingerprint density at radius 2 is 1.96 bits per heavy atom. The highest BCUT2D eigenvalue weighted by atomic mass is 16.2. The van der Waals surface area contributed by atoms with Gasteiger partial charge >= 0.3 is 0 Å². The number of rotatable bonds is 5. The van der Waals surface area contributed by atoms with Crippen molar-refractivity contribution in [1.29, 1.82) is 0 Å². The number of nitrogens with one attached hydrogen (secondary N) is 2. The summed E-state index contributed by atoms with van der Waals surface area (Å²) in [7, 11) is 0. The van der Waals surface area contributed by atoms with Crippen LogP contribution in [-0.4, -0.2) is 26.9 Å². The van der Waals surface area contributed by atoms with Crippen LogP contribution in [0.5, 0.6) is 0 Å². The zero-order valence-corrected chi connectivity index (χ0v) is 14.9. The van der Waals surface area contributed by atoms with E-state index < -0.39 is 0 Å². The molecule has 0 saturated carbocycles. The number of hydrogen-bond acceptors (Lipinski definition) is 3. The lowest BCUT2D eigenvalue weighted by Crippen LogP contribution is -2.17. The Labute approximate surface area is 156 Å². The van der Waals surface area contributed by atoms with Gasteiger partial charge in [0, 0.05) is 34.9 Å².